The Labute approximate surface area is 131 Å². The molecule has 0 saturated carbocycles. The quantitative estimate of drug-likeness (QED) is 0.811. The molecule has 118 valence electrons. The molecule has 5 nitrogen and oxygen atoms in total. The average Bonchev–Trinajstić information content (AvgIpc) is 2.63. The van der Waals surface area contributed by atoms with Crippen LogP contribution >= 0.6 is 0 Å². The number of nitrogens with two attached hydrogens (primary N) is 1. The maximum atomic E-state index is 5.39. The lowest BCUT2D eigenvalue weighted by Crippen LogP contribution is -2.96. The normalized spacial score (nSPS) is 17.2. The lowest BCUT2D eigenvalue weighted by atomic mass is 10.2. The van der Waals surface area contributed by atoms with Gasteiger partial charge in [0.05, 0.1) is 13.7 Å². The molecule has 2 heterocycles. The maximum absolute atomic E-state index is 5.39. The third-order valence-corrected chi connectivity index (χ3v) is 3.25. The topological polar surface area (TPSA) is 60.0 Å². The lowest BCUT2D eigenvalue weighted by molar-refractivity contribution is -0.710. The summed E-state index contributed by atoms with van der Waals surface area (Å²) >= 11 is 0. The number of pyridine rings is 1. The zero-order chi connectivity index (χ0) is 15.5. The monoisotopic (exact) mass is 301 g/mol. The third kappa shape index (κ3) is 6.22. The van der Waals surface area contributed by atoms with Crippen LogP contribution in [0, 0.1) is 6.07 Å². The summed E-state index contributed by atoms with van der Waals surface area (Å²) in [5.41, 5.74) is 1.26. The van der Waals surface area contributed by atoms with E-state index >= 15 is 0 Å². The van der Waals surface area contributed by atoms with Crippen molar-refractivity contribution in [2.45, 2.75) is 12.7 Å². The molecule has 1 aromatic heterocycles. The molecule has 0 amide bonds. The standard InChI is InChI=1S/C12H18N2O2.C5H4N/c1-15-11-4-2-10(3-5-11)8-14-12-9-16-7-6-13-12;1-2-4-6-5-3-1/h2-5,12-14H,6-9H2,1H3;1-2,4-5H/q;-1/p+1. The number of nitrogens with one attached hydrogen (secondary N) is 1. The summed E-state index contributed by atoms with van der Waals surface area (Å²) in [6.07, 6.45) is 3.73. The summed E-state index contributed by atoms with van der Waals surface area (Å²) in [6, 6.07) is 14.6. The van der Waals surface area contributed by atoms with Gasteiger partial charge in [-0.25, -0.2) is 12.1 Å². The number of nitrogens with zero attached hydrogens (tertiary/aromatic N) is 1. The molecule has 0 aliphatic carbocycles. The molecule has 1 aromatic carbocycles. The van der Waals surface area contributed by atoms with Crippen molar-refractivity contribution in [2.24, 2.45) is 0 Å². The Bertz CT molecular complexity index is 472. The van der Waals surface area contributed by atoms with Gasteiger partial charge in [0.25, 0.3) is 0 Å². The van der Waals surface area contributed by atoms with E-state index in [9.17, 15) is 0 Å². The van der Waals surface area contributed by atoms with Crippen LogP contribution in [-0.4, -0.2) is 38.0 Å². The number of morpholine rings is 1. The van der Waals surface area contributed by atoms with Gasteiger partial charge in [-0.05, 0) is 17.7 Å². The number of rotatable bonds is 4. The van der Waals surface area contributed by atoms with Crippen molar-refractivity contribution in [2.75, 3.05) is 26.9 Å². The number of methoxy groups -OCH3 is 1. The molecule has 3 rings (SSSR count). The lowest BCUT2D eigenvalue weighted by Gasteiger charge is -2.21. The zero-order valence-corrected chi connectivity index (χ0v) is 12.9. The minimum Gasteiger partial charge on any atom is -0.497 e. The van der Waals surface area contributed by atoms with Crippen molar-refractivity contribution in [3.05, 3.63) is 60.4 Å². The second kappa shape index (κ2) is 9.89. The highest BCUT2D eigenvalue weighted by Gasteiger charge is 2.15. The Morgan fingerprint density at radius 2 is 2.27 bits per heavy atom. The van der Waals surface area contributed by atoms with Gasteiger partial charge in [-0.1, -0.05) is 24.5 Å². The highest BCUT2D eigenvalue weighted by atomic mass is 16.5. The first-order valence-corrected chi connectivity index (χ1v) is 7.42. The summed E-state index contributed by atoms with van der Waals surface area (Å²) < 4.78 is 10.5. The highest BCUT2D eigenvalue weighted by molar-refractivity contribution is 5.26. The number of ether oxygens (including phenoxy) is 2. The predicted octanol–water partition coefficient (Wildman–Crippen LogP) is 0.586. The second-order valence-corrected chi connectivity index (χ2v) is 4.89. The smallest absolute Gasteiger partial charge is 0.164 e. The number of hydrogen-bond acceptors (Lipinski definition) is 4. The van der Waals surface area contributed by atoms with Crippen molar-refractivity contribution in [3.63, 3.8) is 0 Å². The first-order valence-electron chi connectivity index (χ1n) is 7.42. The van der Waals surface area contributed by atoms with Crippen LogP contribution in [0.2, 0.25) is 0 Å². The number of aromatic nitrogens is 1. The van der Waals surface area contributed by atoms with Crippen LogP contribution < -0.4 is 15.4 Å². The third-order valence-electron chi connectivity index (χ3n) is 3.25. The molecule has 1 aliphatic heterocycles. The van der Waals surface area contributed by atoms with Crippen LogP contribution in [0.3, 0.4) is 0 Å². The van der Waals surface area contributed by atoms with Crippen molar-refractivity contribution in [1.29, 1.82) is 0 Å². The first kappa shape index (κ1) is 16.4. The summed E-state index contributed by atoms with van der Waals surface area (Å²) in [5, 5.41) is 5.74. The molecular formula is C17H23N3O2. The van der Waals surface area contributed by atoms with Crippen LogP contribution in [0.5, 0.6) is 5.75 Å². The van der Waals surface area contributed by atoms with Crippen molar-refractivity contribution < 1.29 is 14.8 Å². The van der Waals surface area contributed by atoms with E-state index in [4.69, 9.17) is 9.47 Å². The Hall–Kier alpha value is -1.95. The maximum Gasteiger partial charge on any atom is 0.164 e. The van der Waals surface area contributed by atoms with E-state index in [1.54, 1.807) is 19.5 Å². The Balaban J connectivity index is 0.000000246. The Morgan fingerprint density at radius 1 is 1.41 bits per heavy atom. The van der Waals surface area contributed by atoms with E-state index in [0.29, 0.717) is 6.17 Å². The van der Waals surface area contributed by atoms with E-state index in [-0.39, 0.29) is 0 Å². The van der Waals surface area contributed by atoms with Gasteiger partial charge in [-0.2, -0.15) is 6.07 Å². The molecule has 0 bridgehead atoms. The summed E-state index contributed by atoms with van der Waals surface area (Å²) in [5.74, 6) is 0.899. The molecule has 1 atom stereocenters. The fraction of sp³-hybridized carbons (Fsp3) is 0.353. The molecular weight excluding hydrogens is 278 g/mol. The zero-order valence-electron chi connectivity index (χ0n) is 12.9. The van der Waals surface area contributed by atoms with Gasteiger partial charge >= 0.3 is 0 Å². The molecule has 5 heteroatoms. The van der Waals surface area contributed by atoms with Crippen molar-refractivity contribution in [3.8, 4) is 5.75 Å². The molecule has 1 unspecified atom stereocenters. The summed E-state index contributed by atoms with van der Waals surface area (Å²) in [4.78, 5) is 3.73. The van der Waals surface area contributed by atoms with Gasteiger partial charge in [-0.3, -0.25) is 5.32 Å². The van der Waals surface area contributed by atoms with E-state index in [0.717, 1.165) is 32.1 Å². The van der Waals surface area contributed by atoms with Crippen LogP contribution in [0.4, 0.5) is 0 Å². The number of benzene rings is 1. The highest BCUT2D eigenvalue weighted by Crippen LogP contribution is 2.10. The SMILES string of the molecule is COc1ccc(CNC2COCC[NH2+]2)cc1.[c-]1cccnc1. The van der Waals surface area contributed by atoms with Crippen LogP contribution in [0.15, 0.2) is 48.8 Å². The van der Waals surface area contributed by atoms with E-state index in [2.05, 4.69) is 33.8 Å². The Kier molecular flexibility index (Phi) is 7.38. The molecule has 22 heavy (non-hydrogen) atoms. The minimum absolute atomic E-state index is 0.385. The molecule has 0 spiro atoms. The summed E-state index contributed by atoms with van der Waals surface area (Å²) in [7, 11) is 1.68. The van der Waals surface area contributed by atoms with Gasteiger partial charge < -0.3 is 19.8 Å². The van der Waals surface area contributed by atoms with Crippen molar-refractivity contribution in [1.82, 2.24) is 10.3 Å². The van der Waals surface area contributed by atoms with Gasteiger partial charge in [0.15, 0.2) is 6.17 Å². The predicted molar refractivity (Wildman–Crippen MR) is 84.3 cm³/mol. The van der Waals surface area contributed by atoms with Gasteiger partial charge in [0.1, 0.15) is 18.9 Å². The summed E-state index contributed by atoms with van der Waals surface area (Å²) in [6.45, 7) is 3.56. The molecule has 1 aliphatic rings. The van der Waals surface area contributed by atoms with Crippen LogP contribution in [-0.2, 0) is 11.3 Å². The molecule has 1 fully saturated rings. The fourth-order valence-electron chi connectivity index (χ4n) is 2.04. The fourth-order valence-corrected chi connectivity index (χ4v) is 2.04. The van der Waals surface area contributed by atoms with Crippen LogP contribution in [0.25, 0.3) is 0 Å². The van der Waals surface area contributed by atoms with Gasteiger partial charge in [0.2, 0.25) is 0 Å². The van der Waals surface area contributed by atoms with Gasteiger partial charge in [0, 0.05) is 6.54 Å². The second-order valence-electron chi connectivity index (χ2n) is 4.89. The minimum atomic E-state index is 0.385. The van der Waals surface area contributed by atoms with Gasteiger partial charge in [-0.15, -0.1) is 0 Å². The Morgan fingerprint density at radius 3 is 2.77 bits per heavy atom. The number of hydrogen-bond donors (Lipinski definition) is 2. The van der Waals surface area contributed by atoms with E-state index < -0.39 is 0 Å². The van der Waals surface area contributed by atoms with Crippen molar-refractivity contribution >= 4 is 0 Å². The first-order chi connectivity index (χ1) is 10.9. The van der Waals surface area contributed by atoms with E-state index in [1.165, 1.54) is 5.56 Å². The largest absolute Gasteiger partial charge is 0.497 e. The average molecular weight is 301 g/mol. The molecule has 1 saturated heterocycles. The number of quaternary nitrogens is 1. The molecule has 0 radical (unpaired) electrons. The van der Waals surface area contributed by atoms with E-state index in [1.807, 2.05) is 24.3 Å². The molecule has 2 aromatic rings. The molecule has 3 N–H and O–H groups in total. The van der Waals surface area contributed by atoms with Crippen LogP contribution in [0.1, 0.15) is 5.56 Å².